The maximum atomic E-state index is 8.83. The van der Waals surface area contributed by atoms with Crippen LogP contribution >= 0.6 is 0 Å². The van der Waals surface area contributed by atoms with Gasteiger partial charge in [0.2, 0.25) is 0 Å². The first-order valence-corrected chi connectivity index (χ1v) is 6.87. The molecule has 3 heteroatoms. The van der Waals surface area contributed by atoms with Gasteiger partial charge >= 0.3 is 0 Å². The molecule has 0 saturated carbocycles. The number of aliphatic hydroxyl groups is 1. The molecule has 0 amide bonds. The maximum Gasteiger partial charge on any atom is 0.0446 e. The van der Waals surface area contributed by atoms with Gasteiger partial charge in [-0.15, -0.1) is 0 Å². The van der Waals surface area contributed by atoms with Crippen LogP contribution in [0.4, 0.5) is 0 Å². The van der Waals surface area contributed by atoms with Crippen molar-refractivity contribution in [2.24, 2.45) is 5.73 Å². The number of rotatable bonds is 8. The van der Waals surface area contributed by atoms with Crippen molar-refractivity contribution in [1.29, 1.82) is 0 Å². The Kier molecular flexibility index (Phi) is 6.94. The third kappa shape index (κ3) is 4.77. The van der Waals surface area contributed by atoms with E-state index in [1.165, 1.54) is 11.1 Å². The highest BCUT2D eigenvalue weighted by Crippen LogP contribution is 2.15. The van der Waals surface area contributed by atoms with Crippen molar-refractivity contribution in [3.63, 3.8) is 0 Å². The highest BCUT2D eigenvalue weighted by atomic mass is 16.2. The molecular formula is C15H26N2O. The molecule has 0 fully saturated rings. The molecule has 0 aliphatic rings. The summed E-state index contributed by atoms with van der Waals surface area (Å²) in [6.07, 6.45) is 2.87. The lowest BCUT2D eigenvalue weighted by Crippen LogP contribution is -2.35. The number of nitrogens with two attached hydrogens (primary N) is 1. The lowest BCUT2D eigenvalue weighted by Gasteiger charge is -2.22. The second-order valence-corrected chi connectivity index (χ2v) is 4.82. The normalized spacial score (nSPS) is 14.4. The van der Waals surface area contributed by atoms with Gasteiger partial charge in [-0.3, -0.25) is 0 Å². The number of nitrogens with one attached hydrogen (secondary N) is 1. The molecule has 2 unspecified atom stereocenters. The zero-order valence-electron chi connectivity index (χ0n) is 11.5. The molecule has 0 heterocycles. The maximum absolute atomic E-state index is 8.83. The molecule has 4 N–H and O–H groups in total. The highest BCUT2D eigenvalue weighted by Gasteiger charge is 2.12. The first kappa shape index (κ1) is 15.2. The predicted molar refractivity (Wildman–Crippen MR) is 76.5 cm³/mol. The zero-order valence-corrected chi connectivity index (χ0v) is 11.5. The van der Waals surface area contributed by atoms with Gasteiger partial charge in [0.15, 0.2) is 0 Å². The van der Waals surface area contributed by atoms with Crippen molar-refractivity contribution in [2.75, 3.05) is 13.2 Å². The molecule has 2 atom stereocenters. The van der Waals surface area contributed by atoms with Crippen LogP contribution in [0.15, 0.2) is 24.3 Å². The lowest BCUT2D eigenvalue weighted by molar-refractivity contribution is 0.274. The fraction of sp³-hybridized carbons (Fsp3) is 0.600. The molecule has 0 radical (unpaired) electrons. The molecule has 0 bridgehead atoms. The Bertz CT molecular complexity index is 324. The molecule has 0 saturated heterocycles. The van der Waals surface area contributed by atoms with E-state index < -0.39 is 0 Å². The van der Waals surface area contributed by atoms with E-state index in [-0.39, 0.29) is 12.6 Å². The van der Waals surface area contributed by atoms with Crippen LogP contribution in [0, 0.1) is 0 Å². The second-order valence-electron chi connectivity index (χ2n) is 4.82. The van der Waals surface area contributed by atoms with Crippen molar-refractivity contribution < 1.29 is 5.11 Å². The predicted octanol–water partition coefficient (Wildman–Crippen LogP) is 2.00. The summed E-state index contributed by atoms with van der Waals surface area (Å²) in [5.74, 6) is 0. The van der Waals surface area contributed by atoms with Gasteiger partial charge in [-0.05, 0) is 37.3 Å². The van der Waals surface area contributed by atoms with Crippen molar-refractivity contribution >= 4 is 0 Å². The SMILES string of the molecule is CCc1ccc(C(CN)NC(C)CCCO)cc1. The largest absolute Gasteiger partial charge is 0.396 e. The van der Waals surface area contributed by atoms with E-state index in [2.05, 4.69) is 43.4 Å². The third-order valence-electron chi connectivity index (χ3n) is 3.31. The van der Waals surface area contributed by atoms with Crippen LogP contribution in [-0.4, -0.2) is 24.3 Å². The fourth-order valence-electron chi connectivity index (χ4n) is 2.11. The molecule has 1 rings (SSSR count). The molecule has 1 aromatic rings. The molecule has 1 aromatic carbocycles. The third-order valence-corrected chi connectivity index (χ3v) is 3.31. The Hall–Kier alpha value is -0.900. The van der Waals surface area contributed by atoms with Crippen molar-refractivity contribution in [3.8, 4) is 0 Å². The Morgan fingerprint density at radius 2 is 1.94 bits per heavy atom. The van der Waals surface area contributed by atoms with Gasteiger partial charge in [0, 0.05) is 25.2 Å². The molecule has 18 heavy (non-hydrogen) atoms. The summed E-state index contributed by atoms with van der Waals surface area (Å²) in [5, 5.41) is 12.3. The topological polar surface area (TPSA) is 58.3 Å². The summed E-state index contributed by atoms with van der Waals surface area (Å²) in [6, 6.07) is 9.21. The van der Waals surface area contributed by atoms with E-state index in [0.717, 1.165) is 19.3 Å². The standard InChI is InChI=1S/C15H26N2O/c1-3-13-6-8-14(9-7-13)15(11-16)17-12(2)5-4-10-18/h6-9,12,15,17-18H,3-5,10-11,16H2,1-2H3. The van der Waals surface area contributed by atoms with E-state index in [1.807, 2.05) is 0 Å². The molecular weight excluding hydrogens is 224 g/mol. The first-order chi connectivity index (χ1) is 8.71. The van der Waals surface area contributed by atoms with Crippen molar-refractivity contribution in [1.82, 2.24) is 5.32 Å². The van der Waals surface area contributed by atoms with Crippen LogP contribution in [0.25, 0.3) is 0 Å². The Balaban J connectivity index is 2.58. The second kappa shape index (κ2) is 8.25. The van der Waals surface area contributed by atoms with Gasteiger partial charge in [0.05, 0.1) is 0 Å². The minimum atomic E-state index is 0.199. The summed E-state index contributed by atoms with van der Waals surface area (Å²) < 4.78 is 0. The molecule has 0 aliphatic carbocycles. The van der Waals surface area contributed by atoms with Crippen LogP contribution < -0.4 is 11.1 Å². The average Bonchev–Trinajstić information content (AvgIpc) is 2.42. The minimum absolute atomic E-state index is 0.199. The molecule has 0 aromatic heterocycles. The van der Waals surface area contributed by atoms with Gasteiger partial charge < -0.3 is 16.2 Å². The van der Waals surface area contributed by atoms with E-state index >= 15 is 0 Å². The van der Waals surface area contributed by atoms with Gasteiger partial charge in [0.1, 0.15) is 0 Å². The van der Waals surface area contributed by atoms with Gasteiger partial charge in [0.25, 0.3) is 0 Å². The summed E-state index contributed by atoms with van der Waals surface area (Å²) in [7, 11) is 0. The van der Waals surface area contributed by atoms with E-state index in [4.69, 9.17) is 10.8 Å². The lowest BCUT2D eigenvalue weighted by atomic mass is 10.0. The minimum Gasteiger partial charge on any atom is -0.396 e. The molecule has 102 valence electrons. The van der Waals surface area contributed by atoms with Gasteiger partial charge in [-0.25, -0.2) is 0 Å². The first-order valence-electron chi connectivity index (χ1n) is 6.87. The van der Waals surface area contributed by atoms with Crippen LogP contribution in [0.5, 0.6) is 0 Å². The molecule has 0 spiro atoms. The average molecular weight is 250 g/mol. The zero-order chi connectivity index (χ0) is 13.4. The summed E-state index contributed by atoms with van der Waals surface area (Å²) in [6.45, 7) is 5.14. The quantitative estimate of drug-likeness (QED) is 0.661. The smallest absolute Gasteiger partial charge is 0.0446 e. The number of aliphatic hydroxyl groups excluding tert-OH is 1. The summed E-state index contributed by atoms with van der Waals surface area (Å²) in [5.41, 5.74) is 8.43. The fourth-order valence-corrected chi connectivity index (χ4v) is 2.11. The Morgan fingerprint density at radius 3 is 2.44 bits per heavy atom. The number of aryl methyl sites for hydroxylation is 1. The van der Waals surface area contributed by atoms with E-state index in [0.29, 0.717) is 12.6 Å². The summed E-state index contributed by atoms with van der Waals surface area (Å²) >= 11 is 0. The molecule has 0 aliphatic heterocycles. The van der Waals surface area contributed by atoms with Crippen LogP contribution in [0.2, 0.25) is 0 Å². The van der Waals surface area contributed by atoms with E-state index in [9.17, 15) is 0 Å². The number of benzene rings is 1. The van der Waals surface area contributed by atoms with Crippen LogP contribution in [-0.2, 0) is 6.42 Å². The van der Waals surface area contributed by atoms with Crippen LogP contribution in [0.3, 0.4) is 0 Å². The monoisotopic (exact) mass is 250 g/mol. The van der Waals surface area contributed by atoms with Crippen LogP contribution in [0.1, 0.15) is 43.9 Å². The number of hydrogen-bond donors (Lipinski definition) is 3. The van der Waals surface area contributed by atoms with Crippen molar-refractivity contribution in [2.45, 2.75) is 45.2 Å². The highest BCUT2D eigenvalue weighted by molar-refractivity contribution is 5.25. The van der Waals surface area contributed by atoms with Crippen molar-refractivity contribution in [3.05, 3.63) is 35.4 Å². The number of hydrogen-bond acceptors (Lipinski definition) is 3. The molecule has 3 nitrogen and oxygen atoms in total. The summed E-state index contributed by atoms with van der Waals surface area (Å²) in [4.78, 5) is 0. The van der Waals surface area contributed by atoms with Gasteiger partial charge in [-0.2, -0.15) is 0 Å². The van der Waals surface area contributed by atoms with Gasteiger partial charge in [-0.1, -0.05) is 31.2 Å². The Morgan fingerprint density at radius 1 is 1.28 bits per heavy atom. The van der Waals surface area contributed by atoms with E-state index in [1.54, 1.807) is 0 Å². The Labute approximate surface area is 110 Å².